The van der Waals surface area contributed by atoms with Crippen LogP contribution >= 0.6 is 0 Å². The lowest BCUT2D eigenvalue weighted by Gasteiger charge is -2.28. The number of nitrogens with one attached hydrogen (secondary N) is 1. The second-order valence-corrected chi connectivity index (χ2v) is 5.04. The largest absolute Gasteiger partial charge is 0.378 e. The molecular weight excluding hydrogens is 268 g/mol. The number of hydrogen-bond donors (Lipinski definition) is 1. The highest BCUT2D eigenvalue weighted by molar-refractivity contribution is 5.45. The molecule has 1 aliphatic rings. The molecule has 0 saturated carbocycles. The highest BCUT2D eigenvalue weighted by atomic mass is 16.5. The molecule has 1 saturated heterocycles. The van der Waals surface area contributed by atoms with Crippen molar-refractivity contribution in [2.75, 3.05) is 61.6 Å². The first kappa shape index (κ1) is 15.8. The zero-order valence-corrected chi connectivity index (χ0v) is 13.3. The average molecular weight is 294 g/mol. The van der Waals surface area contributed by atoms with Crippen LogP contribution in [0.5, 0.6) is 0 Å². The fourth-order valence-electron chi connectivity index (χ4n) is 2.26. The Labute approximate surface area is 126 Å². The molecule has 1 N–H and O–H groups in total. The van der Waals surface area contributed by atoms with Gasteiger partial charge in [-0.2, -0.15) is 15.0 Å². The zero-order valence-electron chi connectivity index (χ0n) is 13.3. The monoisotopic (exact) mass is 294 g/mol. The minimum atomic E-state index is 0.622. The van der Waals surface area contributed by atoms with Crippen LogP contribution in [-0.4, -0.2) is 61.4 Å². The number of rotatable bonds is 7. The van der Waals surface area contributed by atoms with Gasteiger partial charge in [-0.3, -0.25) is 0 Å². The van der Waals surface area contributed by atoms with Gasteiger partial charge >= 0.3 is 0 Å². The van der Waals surface area contributed by atoms with Gasteiger partial charge in [0.1, 0.15) is 0 Å². The quantitative estimate of drug-likeness (QED) is 0.814. The van der Waals surface area contributed by atoms with Gasteiger partial charge in [0, 0.05) is 33.2 Å². The fourth-order valence-corrected chi connectivity index (χ4v) is 2.26. The van der Waals surface area contributed by atoms with E-state index < -0.39 is 0 Å². The van der Waals surface area contributed by atoms with E-state index in [0.29, 0.717) is 5.95 Å². The maximum atomic E-state index is 5.39. The van der Waals surface area contributed by atoms with Crippen molar-refractivity contribution in [3.05, 3.63) is 0 Å². The fraction of sp³-hybridized carbons (Fsp3) is 0.786. The van der Waals surface area contributed by atoms with Gasteiger partial charge < -0.3 is 19.9 Å². The van der Waals surface area contributed by atoms with Gasteiger partial charge in [-0.25, -0.2) is 0 Å². The number of nitrogens with zero attached hydrogens (tertiary/aromatic N) is 5. The number of unbranched alkanes of at least 4 members (excludes halogenated alkanes) is 1. The van der Waals surface area contributed by atoms with Crippen LogP contribution in [0.25, 0.3) is 0 Å². The molecule has 0 aromatic carbocycles. The molecule has 1 aromatic rings. The predicted molar refractivity (Wildman–Crippen MR) is 85.2 cm³/mol. The summed E-state index contributed by atoms with van der Waals surface area (Å²) in [5.41, 5.74) is 0. The lowest BCUT2D eigenvalue weighted by Crippen LogP contribution is -2.38. The lowest BCUT2D eigenvalue weighted by atomic mass is 10.3. The molecule has 21 heavy (non-hydrogen) atoms. The van der Waals surface area contributed by atoms with Crippen LogP contribution in [0.4, 0.5) is 17.8 Å². The minimum Gasteiger partial charge on any atom is -0.378 e. The Bertz CT molecular complexity index is 435. The van der Waals surface area contributed by atoms with E-state index in [1.807, 2.05) is 7.05 Å². The van der Waals surface area contributed by atoms with E-state index in [1.165, 1.54) is 0 Å². The molecule has 0 atom stereocenters. The Morgan fingerprint density at radius 1 is 1.19 bits per heavy atom. The lowest BCUT2D eigenvalue weighted by molar-refractivity contribution is 0.122. The Morgan fingerprint density at radius 2 is 1.95 bits per heavy atom. The molecule has 0 spiro atoms. The van der Waals surface area contributed by atoms with Crippen molar-refractivity contribution in [1.82, 2.24) is 15.0 Å². The van der Waals surface area contributed by atoms with Crippen molar-refractivity contribution in [2.24, 2.45) is 0 Å². The third kappa shape index (κ3) is 4.17. The zero-order chi connectivity index (χ0) is 15.1. The summed E-state index contributed by atoms with van der Waals surface area (Å²) in [4.78, 5) is 18.0. The molecule has 7 nitrogen and oxygen atoms in total. The van der Waals surface area contributed by atoms with Gasteiger partial charge in [0.25, 0.3) is 0 Å². The van der Waals surface area contributed by atoms with Crippen LogP contribution in [0, 0.1) is 0 Å². The third-order valence-electron chi connectivity index (χ3n) is 3.58. The van der Waals surface area contributed by atoms with E-state index in [1.54, 1.807) is 0 Å². The molecule has 0 unspecified atom stereocenters. The number of ether oxygens (including phenoxy) is 1. The van der Waals surface area contributed by atoms with Gasteiger partial charge in [0.2, 0.25) is 17.8 Å². The highest BCUT2D eigenvalue weighted by Gasteiger charge is 2.18. The van der Waals surface area contributed by atoms with E-state index in [2.05, 4.69) is 43.9 Å². The third-order valence-corrected chi connectivity index (χ3v) is 3.58. The van der Waals surface area contributed by atoms with Crippen LogP contribution in [0.2, 0.25) is 0 Å². The topological polar surface area (TPSA) is 66.4 Å². The summed E-state index contributed by atoms with van der Waals surface area (Å²) in [6.07, 6.45) is 2.30. The smallest absolute Gasteiger partial charge is 0.232 e. The van der Waals surface area contributed by atoms with Gasteiger partial charge in [-0.15, -0.1) is 0 Å². The normalized spacial score (nSPS) is 15.1. The molecule has 0 amide bonds. The van der Waals surface area contributed by atoms with Crippen LogP contribution in [-0.2, 0) is 4.74 Å². The maximum Gasteiger partial charge on any atom is 0.232 e. The number of anilines is 3. The number of morpholine rings is 1. The Balaban J connectivity index is 2.23. The molecule has 2 heterocycles. The average Bonchev–Trinajstić information content (AvgIpc) is 2.56. The van der Waals surface area contributed by atoms with Gasteiger partial charge in [0.15, 0.2) is 0 Å². The Morgan fingerprint density at radius 3 is 2.57 bits per heavy atom. The molecule has 118 valence electrons. The SMILES string of the molecule is CCCCN(CC)c1nc(NC)nc(N2CCOCC2)n1. The molecule has 2 rings (SSSR count). The van der Waals surface area contributed by atoms with Crippen LogP contribution in [0.3, 0.4) is 0 Å². The number of aromatic nitrogens is 3. The van der Waals surface area contributed by atoms with Crippen molar-refractivity contribution < 1.29 is 4.74 Å². The first-order chi connectivity index (χ1) is 10.3. The summed E-state index contributed by atoms with van der Waals surface area (Å²) in [6.45, 7) is 9.30. The van der Waals surface area contributed by atoms with Crippen molar-refractivity contribution in [2.45, 2.75) is 26.7 Å². The van der Waals surface area contributed by atoms with E-state index >= 15 is 0 Å². The standard InChI is InChI=1S/C14H26N6O/c1-4-6-7-19(5-2)13-16-12(15-3)17-14(18-13)20-8-10-21-11-9-20/h4-11H2,1-3H3,(H,15,16,17,18). The maximum absolute atomic E-state index is 5.39. The van der Waals surface area contributed by atoms with Gasteiger partial charge in [0.05, 0.1) is 13.2 Å². The van der Waals surface area contributed by atoms with Crippen LogP contribution in [0.1, 0.15) is 26.7 Å². The van der Waals surface area contributed by atoms with Crippen molar-refractivity contribution >= 4 is 17.8 Å². The van der Waals surface area contributed by atoms with Crippen molar-refractivity contribution in [3.8, 4) is 0 Å². The molecule has 1 fully saturated rings. The Kier molecular flexibility index (Phi) is 5.98. The first-order valence-corrected chi connectivity index (χ1v) is 7.80. The second kappa shape index (κ2) is 7.97. The van der Waals surface area contributed by atoms with E-state index in [-0.39, 0.29) is 0 Å². The molecule has 0 aliphatic carbocycles. The predicted octanol–water partition coefficient (Wildman–Crippen LogP) is 1.38. The summed E-state index contributed by atoms with van der Waals surface area (Å²) in [7, 11) is 1.84. The molecular formula is C14H26N6O. The van der Waals surface area contributed by atoms with Crippen LogP contribution in [0.15, 0.2) is 0 Å². The summed E-state index contributed by atoms with van der Waals surface area (Å²) in [5.74, 6) is 2.12. The van der Waals surface area contributed by atoms with Gasteiger partial charge in [-0.05, 0) is 13.3 Å². The summed E-state index contributed by atoms with van der Waals surface area (Å²) in [5, 5.41) is 3.04. The minimum absolute atomic E-state index is 0.622. The summed E-state index contributed by atoms with van der Waals surface area (Å²) >= 11 is 0. The van der Waals surface area contributed by atoms with Crippen molar-refractivity contribution in [3.63, 3.8) is 0 Å². The number of hydrogen-bond acceptors (Lipinski definition) is 7. The molecule has 7 heteroatoms. The molecule has 1 aliphatic heterocycles. The van der Waals surface area contributed by atoms with E-state index in [9.17, 15) is 0 Å². The highest BCUT2D eigenvalue weighted by Crippen LogP contribution is 2.17. The van der Waals surface area contributed by atoms with Crippen LogP contribution < -0.4 is 15.1 Å². The first-order valence-electron chi connectivity index (χ1n) is 7.80. The van der Waals surface area contributed by atoms with Crippen molar-refractivity contribution in [1.29, 1.82) is 0 Å². The summed E-state index contributed by atoms with van der Waals surface area (Å²) in [6, 6.07) is 0. The Hall–Kier alpha value is -1.63. The molecule has 0 bridgehead atoms. The molecule has 0 radical (unpaired) electrons. The molecule has 1 aromatic heterocycles. The van der Waals surface area contributed by atoms with E-state index in [0.717, 1.165) is 64.1 Å². The second-order valence-electron chi connectivity index (χ2n) is 5.04. The van der Waals surface area contributed by atoms with Gasteiger partial charge in [-0.1, -0.05) is 13.3 Å². The van der Waals surface area contributed by atoms with E-state index in [4.69, 9.17) is 4.74 Å². The summed E-state index contributed by atoms with van der Waals surface area (Å²) < 4.78 is 5.39.